The van der Waals surface area contributed by atoms with Gasteiger partial charge in [0.1, 0.15) is 5.60 Å². The second kappa shape index (κ2) is 4.62. The van der Waals surface area contributed by atoms with E-state index in [1.54, 1.807) is 0 Å². The lowest BCUT2D eigenvalue weighted by Gasteiger charge is -2.59. The molecule has 0 aromatic carbocycles. The van der Waals surface area contributed by atoms with Gasteiger partial charge in [-0.3, -0.25) is 9.35 Å². The summed E-state index contributed by atoms with van der Waals surface area (Å²) in [6.07, 6.45) is 1.95. The molecule has 130 valence electrons. The summed E-state index contributed by atoms with van der Waals surface area (Å²) < 4.78 is 61.5. The lowest BCUT2D eigenvalue weighted by atomic mass is 9.48. The van der Waals surface area contributed by atoms with Crippen LogP contribution in [0.25, 0.3) is 0 Å². The number of hydrogen-bond acceptors (Lipinski definition) is 5. The van der Waals surface area contributed by atoms with Crippen LogP contribution in [-0.4, -0.2) is 40.9 Å². The highest BCUT2D eigenvalue weighted by Gasteiger charge is 2.65. The van der Waals surface area contributed by atoms with Crippen LogP contribution in [0.4, 0.5) is 8.78 Å². The number of carboxylic acids is 1. The first-order valence-electron chi connectivity index (χ1n) is 7.21. The van der Waals surface area contributed by atoms with Crippen LogP contribution >= 0.6 is 0 Å². The fourth-order valence-electron chi connectivity index (χ4n) is 4.91. The molecule has 10 heteroatoms. The van der Waals surface area contributed by atoms with Crippen molar-refractivity contribution in [2.24, 2.45) is 17.3 Å². The Bertz CT molecular complexity index is 658. The summed E-state index contributed by atoms with van der Waals surface area (Å²) >= 11 is 0. The summed E-state index contributed by atoms with van der Waals surface area (Å²) in [4.78, 5) is 23.2. The number of hydrogen-bond donors (Lipinski definition) is 2. The fraction of sp³-hybridized carbons (Fsp3) is 0.846. The van der Waals surface area contributed by atoms with Gasteiger partial charge in [0.05, 0.1) is 5.41 Å². The normalized spacial score (nSPS) is 39.3. The zero-order valence-corrected chi connectivity index (χ0v) is 12.8. The maximum Gasteiger partial charge on any atom is 0.465 e. The van der Waals surface area contributed by atoms with E-state index >= 15 is 0 Å². The molecule has 4 bridgehead atoms. The van der Waals surface area contributed by atoms with Crippen molar-refractivity contribution in [3.05, 3.63) is 0 Å². The van der Waals surface area contributed by atoms with Crippen molar-refractivity contribution in [2.45, 2.75) is 49.4 Å². The largest absolute Gasteiger partial charge is 0.481 e. The molecule has 0 amide bonds. The molecule has 0 aromatic heterocycles. The molecule has 2 unspecified atom stereocenters. The lowest BCUT2D eigenvalue weighted by Crippen LogP contribution is -2.60. The first kappa shape index (κ1) is 16.6. The van der Waals surface area contributed by atoms with Crippen molar-refractivity contribution >= 4 is 22.1 Å². The maximum absolute atomic E-state index is 13.4. The molecular weight excluding hydrogens is 338 g/mol. The molecule has 4 saturated carbocycles. The van der Waals surface area contributed by atoms with Crippen molar-refractivity contribution in [3.63, 3.8) is 0 Å². The third kappa shape index (κ3) is 2.42. The number of carboxylic acid groups (broad SMARTS) is 1. The van der Waals surface area contributed by atoms with Gasteiger partial charge in [0.25, 0.3) is 0 Å². The van der Waals surface area contributed by atoms with E-state index in [1.165, 1.54) is 0 Å². The molecule has 4 aliphatic carbocycles. The zero-order chi connectivity index (χ0) is 17.3. The van der Waals surface area contributed by atoms with E-state index in [0.29, 0.717) is 12.8 Å². The van der Waals surface area contributed by atoms with Gasteiger partial charge in [-0.15, -0.1) is 0 Å². The lowest BCUT2D eigenvalue weighted by molar-refractivity contribution is -0.219. The van der Waals surface area contributed by atoms with Gasteiger partial charge in [-0.2, -0.15) is 17.2 Å². The highest BCUT2D eigenvalue weighted by molar-refractivity contribution is 7.87. The molecule has 0 radical (unpaired) electrons. The van der Waals surface area contributed by atoms with E-state index in [2.05, 4.69) is 0 Å². The third-order valence-electron chi connectivity index (χ3n) is 5.33. The van der Waals surface area contributed by atoms with E-state index in [4.69, 9.17) is 9.29 Å². The predicted octanol–water partition coefficient (Wildman–Crippen LogP) is 1.43. The van der Waals surface area contributed by atoms with Crippen LogP contribution in [0.2, 0.25) is 0 Å². The molecular formula is C13H16F2O7S. The Balaban J connectivity index is 1.89. The fourth-order valence-corrected chi connectivity index (χ4v) is 5.16. The standard InChI is InChI=1S/C13H16F2O7S/c14-13(15,23(19,20)21)10(18)22-12-4-7-1-8(5-12)3-11(2-7,6-12)9(16)17/h7-8H,1-6H2,(H,16,17)(H,19,20,21). The van der Waals surface area contributed by atoms with Gasteiger partial charge < -0.3 is 9.84 Å². The molecule has 0 aromatic rings. The number of aliphatic carboxylic acids is 1. The van der Waals surface area contributed by atoms with E-state index in [0.717, 1.165) is 6.42 Å². The number of ether oxygens (including phenoxy) is 1. The average molecular weight is 354 g/mol. The van der Waals surface area contributed by atoms with Gasteiger partial charge in [-0.1, -0.05) is 0 Å². The first-order chi connectivity index (χ1) is 10.4. The maximum atomic E-state index is 13.4. The summed E-state index contributed by atoms with van der Waals surface area (Å²) in [5.74, 6) is -3.50. The van der Waals surface area contributed by atoms with Gasteiger partial charge in [-0.25, -0.2) is 4.79 Å². The Hall–Kier alpha value is -1.29. The monoisotopic (exact) mass is 354 g/mol. The summed E-state index contributed by atoms with van der Waals surface area (Å²) in [5.41, 5.74) is -2.51. The van der Waals surface area contributed by atoms with Crippen molar-refractivity contribution in [1.82, 2.24) is 0 Å². The Labute approximate surface area is 130 Å². The highest BCUT2D eigenvalue weighted by Crippen LogP contribution is 2.63. The molecule has 0 aliphatic heterocycles. The highest BCUT2D eigenvalue weighted by atomic mass is 32.2. The van der Waals surface area contributed by atoms with Crippen LogP contribution in [0.5, 0.6) is 0 Å². The Kier molecular flexibility index (Phi) is 3.33. The molecule has 4 aliphatic rings. The van der Waals surface area contributed by atoms with Crippen LogP contribution in [0.1, 0.15) is 38.5 Å². The third-order valence-corrected chi connectivity index (χ3v) is 6.15. The summed E-state index contributed by atoms with van der Waals surface area (Å²) in [5, 5.41) is 4.43. The van der Waals surface area contributed by atoms with Crippen molar-refractivity contribution in [1.29, 1.82) is 0 Å². The van der Waals surface area contributed by atoms with Gasteiger partial charge in [0.2, 0.25) is 0 Å². The van der Waals surface area contributed by atoms with E-state index < -0.39 is 38.3 Å². The van der Waals surface area contributed by atoms with E-state index in [9.17, 15) is 31.9 Å². The van der Waals surface area contributed by atoms with Crippen molar-refractivity contribution < 1.29 is 41.2 Å². The molecule has 0 heterocycles. The number of halogens is 2. The summed E-state index contributed by atoms with van der Waals surface area (Å²) in [7, 11) is -5.94. The smallest absolute Gasteiger partial charge is 0.465 e. The number of rotatable bonds is 4. The Morgan fingerprint density at radius 3 is 2.09 bits per heavy atom. The second-order valence-electron chi connectivity index (χ2n) is 7.11. The molecule has 2 atom stereocenters. The summed E-state index contributed by atoms with van der Waals surface area (Å²) in [6, 6.07) is 0. The topological polar surface area (TPSA) is 118 Å². The SMILES string of the molecule is O=C(O)C12CC3CC(CC(OC(=O)C(F)(F)S(=O)(=O)O)(C3)C1)C2. The average Bonchev–Trinajstić information content (AvgIpc) is 2.34. The van der Waals surface area contributed by atoms with Gasteiger partial charge in [0.15, 0.2) is 0 Å². The number of carbonyl (C=O) groups excluding carboxylic acids is 1. The van der Waals surface area contributed by atoms with Crippen LogP contribution in [0.15, 0.2) is 0 Å². The van der Waals surface area contributed by atoms with Crippen LogP contribution in [-0.2, 0) is 24.4 Å². The van der Waals surface area contributed by atoms with E-state index in [-0.39, 0.29) is 31.1 Å². The van der Waals surface area contributed by atoms with Gasteiger partial charge >= 0.3 is 27.3 Å². The minimum atomic E-state index is -5.94. The minimum Gasteiger partial charge on any atom is -0.481 e. The second-order valence-corrected chi connectivity index (χ2v) is 8.57. The quantitative estimate of drug-likeness (QED) is 0.579. The molecule has 0 spiro atoms. The molecule has 23 heavy (non-hydrogen) atoms. The molecule has 2 N–H and O–H groups in total. The molecule has 4 rings (SSSR count). The number of carbonyl (C=O) groups is 2. The molecule has 4 fully saturated rings. The number of esters is 1. The first-order valence-corrected chi connectivity index (χ1v) is 8.65. The Morgan fingerprint density at radius 1 is 1.13 bits per heavy atom. The van der Waals surface area contributed by atoms with Crippen LogP contribution < -0.4 is 0 Å². The van der Waals surface area contributed by atoms with Crippen LogP contribution in [0, 0.1) is 17.3 Å². The summed E-state index contributed by atoms with van der Waals surface area (Å²) in [6.45, 7) is 0. The molecule has 7 nitrogen and oxygen atoms in total. The minimum absolute atomic E-state index is 0.0560. The molecule has 0 saturated heterocycles. The number of alkyl halides is 2. The van der Waals surface area contributed by atoms with Gasteiger partial charge in [0, 0.05) is 6.42 Å². The Morgan fingerprint density at radius 2 is 1.65 bits per heavy atom. The predicted molar refractivity (Wildman–Crippen MR) is 70.1 cm³/mol. The zero-order valence-electron chi connectivity index (χ0n) is 12.0. The van der Waals surface area contributed by atoms with Crippen molar-refractivity contribution in [2.75, 3.05) is 0 Å². The van der Waals surface area contributed by atoms with Crippen molar-refractivity contribution in [3.8, 4) is 0 Å². The van der Waals surface area contributed by atoms with E-state index in [1.807, 2.05) is 0 Å². The van der Waals surface area contributed by atoms with Crippen LogP contribution in [0.3, 0.4) is 0 Å². The van der Waals surface area contributed by atoms with Gasteiger partial charge in [-0.05, 0) is 43.9 Å².